The number of halogens is 2. The number of non-ortho nitro benzene ring substituents is 1. The zero-order valence-electron chi connectivity index (χ0n) is 14.8. The van der Waals surface area contributed by atoms with Crippen LogP contribution in [0.15, 0.2) is 41.3 Å². The predicted molar refractivity (Wildman–Crippen MR) is 107 cm³/mol. The molecule has 0 radical (unpaired) electrons. The molecule has 0 aliphatic carbocycles. The first-order valence-corrected chi connectivity index (χ1v) is 10.5. The van der Waals surface area contributed by atoms with Crippen molar-refractivity contribution in [1.29, 1.82) is 0 Å². The van der Waals surface area contributed by atoms with Crippen molar-refractivity contribution in [1.82, 2.24) is 4.31 Å². The second-order valence-corrected chi connectivity index (χ2v) is 8.76. The summed E-state index contributed by atoms with van der Waals surface area (Å²) in [6.07, 6.45) is 0. The maximum atomic E-state index is 12.9. The molecule has 0 saturated carbocycles. The van der Waals surface area contributed by atoms with Crippen molar-refractivity contribution in [2.24, 2.45) is 0 Å². The Kier molecular flexibility index (Phi) is 6.39. The molecule has 1 fully saturated rings. The summed E-state index contributed by atoms with van der Waals surface area (Å²) in [4.78, 5) is 22.5. The minimum Gasteiger partial charge on any atom is -0.379 e. The molecule has 1 N–H and O–H groups in total. The Morgan fingerprint density at radius 1 is 1.10 bits per heavy atom. The van der Waals surface area contributed by atoms with Gasteiger partial charge >= 0.3 is 0 Å². The minimum absolute atomic E-state index is 0.0321. The summed E-state index contributed by atoms with van der Waals surface area (Å²) in [5, 5.41) is 13.1. The molecule has 0 atom stereocenters. The molecule has 0 unspecified atom stereocenters. The number of morpholine rings is 1. The summed E-state index contributed by atoms with van der Waals surface area (Å²) in [5.41, 5.74) is 0.0527. The number of rotatable bonds is 5. The van der Waals surface area contributed by atoms with Crippen molar-refractivity contribution in [3.63, 3.8) is 0 Å². The smallest absolute Gasteiger partial charge is 0.269 e. The molecule has 1 amide bonds. The minimum atomic E-state index is -3.95. The van der Waals surface area contributed by atoms with Gasteiger partial charge in [-0.25, -0.2) is 8.42 Å². The number of amides is 1. The van der Waals surface area contributed by atoms with E-state index in [1.807, 2.05) is 0 Å². The lowest BCUT2D eigenvalue weighted by atomic mass is 10.2. The van der Waals surface area contributed by atoms with Gasteiger partial charge in [-0.15, -0.1) is 0 Å². The lowest BCUT2D eigenvalue weighted by Gasteiger charge is -2.26. The van der Waals surface area contributed by atoms with Gasteiger partial charge in [0, 0.05) is 30.9 Å². The van der Waals surface area contributed by atoms with Gasteiger partial charge in [0.1, 0.15) is 4.90 Å². The first-order chi connectivity index (χ1) is 13.7. The third-order valence-corrected chi connectivity index (χ3v) is 6.87. The lowest BCUT2D eigenvalue weighted by Crippen LogP contribution is -2.40. The van der Waals surface area contributed by atoms with E-state index in [4.69, 9.17) is 27.9 Å². The highest BCUT2D eigenvalue weighted by Crippen LogP contribution is 2.31. The Bertz CT molecular complexity index is 1050. The maximum Gasteiger partial charge on any atom is 0.269 e. The largest absolute Gasteiger partial charge is 0.379 e. The summed E-state index contributed by atoms with van der Waals surface area (Å²) >= 11 is 12.2. The highest BCUT2D eigenvalue weighted by molar-refractivity contribution is 7.89. The highest BCUT2D eigenvalue weighted by Gasteiger charge is 2.30. The van der Waals surface area contributed by atoms with Crippen molar-refractivity contribution in [3.05, 3.63) is 62.1 Å². The van der Waals surface area contributed by atoms with Gasteiger partial charge < -0.3 is 10.1 Å². The molecule has 1 heterocycles. The number of sulfonamides is 1. The summed E-state index contributed by atoms with van der Waals surface area (Å²) in [5.74, 6) is -0.682. The number of hydrogen-bond acceptors (Lipinski definition) is 6. The van der Waals surface area contributed by atoms with Crippen molar-refractivity contribution in [3.8, 4) is 0 Å². The fraction of sp³-hybridized carbons (Fsp3) is 0.235. The van der Waals surface area contributed by atoms with Gasteiger partial charge in [0.15, 0.2) is 0 Å². The van der Waals surface area contributed by atoms with Crippen LogP contribution in [-0.2, 0) is 14.8 Å². The van der Waals surface area contributed by atoms with Crippen LogP contribution in [-0.4, -0.2) is 49.9 Å². The molecule has 9 nitrogen and oxygen atoms in total. The van der Waals surface area contributed by atoms with E-state index in [9.17, 15) is 23.3 Å². The molecule has 3 rings (SSSR count). The van der Waals surface area contributed by atoms with Gasteiger partial charge in [0.2, 0.25) is 10.0 Å². The average molecular weight is 460 g/mol. The van der Waals surface area contributed by atoms with Crippen LogP contribution in [0.3, 0.4) is 0 Å². The number of carbonyl (C=O) groups excluding carboxylic acids is 1. The van der Waals surface area contributed by atoms with Crippen molar-refractivity contribution in [2.45, 2.75) is 4.90 Å². The molecule has 1 aliphatic heterocycles. The van der Waals surface area contributed by atoms with Crippen LogP contribution >= 0.6 is 23.2 Å². The zero-order valence-corrected chi connectivity index (χ0v) is 17.1. The SMILES string of the molecule is O=C(Nc1ccc([N+](=O)[O-])cc1)c1cc(S(=O)(=O)N2CCOCC2)c(Cl)cc1Cl. The molecular formula is C17H15Cl2N3O6S. The number of carbonyl (C=O) groups is 1. The second-order valence-electron chi connectivity index (χ2n) is 6.04. The number of anilines is 1. The zero-order chi connectivity index (χ0) is 21.2. The first kappa shape index (κ1) is 21.5. The van der Waals surface area contributed by atoms with Crippen LogP contribution in [0.1, 0.15) is 10.4 Å². The monoisotopic (exact) mass is 459 g/mol. The van der Waals surface area contributed by atoms with Crippen LogP contribution in [0.4, 0.5) is 11.4 Å². The molecule has 1 aliphatic rings. The van der Waals surface area contributed by atoms with Gasteiger partial charge in [-0.3, -0.25) is 14.9 Å². The van der Waals surface area contributed by atoms with E-state index in [1.165, 1.54) is 34.6 Å². The van der Waals surface area contributed by atoms with Gasteiger partial charge in [-0.1, -0.05) is 23.2 Å². The van der Waals surface area contributed by atoms with Gasteiger partial charge in [0.05, 0.1) is 33.7 Å². The number of nitro groups is 1. The lowest BCUT2D eigenvalue weighted by molar-refractivity contribution is -0.384. The van der Waals surface area contributed by atoms with Crippen LogP contribution in [0.25, 0.3) is 0 Å². The van der Waals surface area contributed by atoms with Gasteiger partial charge in [-0.2, -0.15) is 4.31 Å². The van der Waals surface area contributed by atoms with Gasteiger partial charge in [-0.05, 0) is 24.3 Å². The van der Waals surface area contributed by atoms with E-state index in [0.717, 1.165) is 6.07 Å². The molecule has 2 aromatic carbocycles. The molecular weight excluding hydrogens is 445 g/mol. The number of benzene rings is 2. The number of ether oxygens (including phenoxy) is 1. The van der Waals surface area contributed by atoms with Crippen LogP contribution in [0.2, 0.25) is 10.0 Å². The molecule has 29 heavy (non-hydrogen) atoms. The van der Waals surface area contributed by atoms with E-state index >= 15 is 0 Å². The van der Waals surface area contributed by atoms with Crippen LogP contribution < -0.4 is 5.32 Å². The Balaban J connectivity index is 1.90. The summed E-state index contributed by atoms with van der Waals surface area (Å²) in [7, 11) is -3.95. The Labute approximate surface area is 176 Å². The fourth-order valence-corrected chi connectivity index (χ4v) is 4.93. The summed E-state index contributed by atoms with van der Waals surface area (Å²) in [6.45, 7) is 0.868. The number of hydrogen-bond donors (Lipinski definition) is 1. The molecule has 1 saturated heterocycles. The Hall–Kier alpha value is -2.24. The van der Waals surface area contributed by atoms with Crippen molar-refractivity contribution >= 4 is 50.5 Å². The Morgan fingerprint density at radius 2 is 1.72 bits per heavy atom. The van der Waals surface area contributed by atoms with E-state index in [0.29, 0.717) is 0 Å². The molecule has 0 aromatic heterocycles. The third-order valence-electron chi connectivity index (χ3n) is 4.19. The van der Waals surface area contributed by atoms with Crippen molar-refractivity contribution in [2.75, 3.05) is 31.6 Å². The predicted octanol–water partition coefficient (Wildman–Crippen LogP) is 3.17. The maximum absolute atomic E-state index is 12.9. The van der Waals surface area contributed by atoms with E-state index in [1.54, 1.807) is 0 Å². The van der Waals surface area contributed by atoms with E-state index in [-0.39, 0.29) is 58.2 Å². The van der Waals surface area contributed by atoms with Crippen LogP contribution in [0.5, 0.6) is 0 Å². The number of nitrogens with one attached hydrogen (secondary N) is 1. The van der Waals surface area contributed by atoms with Gasteiger partial charge in [0.25, 0.3) is 11.6 Å². The molecule has 0 spiro atoms. The van der Waals surface area contributed by atoms with Crippen LogP contribution in [0, 0.1) is 10.1 Å². The van der Waals surface area contributed by atoms with Crippen molar-refractivity contribution < 1.29 is 22.9 Å². The summed E-state index contributed by atoms with van der Waals surface area (Å²) in [6, 6.07) is 7.48. The fourth-order valence-electron chi connectivity index (χ4n) is 2.69. The summed E-state index contributed by atoms with van der Waals surface area (Å²) < 4.78 is 32.2. The normalized spacial score (nSPS) is 15.1. The molecule has 154 valence electrons. The first-order valence-electron chi connectivity index (χ1n) is 8.33. The molecule has 0 bridgehead atoms. The van der Waals surface area contributed by atoms with E-state index in [2.05, 4.69) is 5.32 Å². The number of nitro benzene ring substituents is 1. The molecule has 2 aromatic rings. The average Bonchev–Trinajstić information content (AvgIpc) is 2.68. The number of nitrogens with zero attached hydrogens (tertiary/aromatic N) is 2. The second kappa shape index (κ2) is 8.64. The molecule has 12 heteroatoms. The van der Waals surface area contributed by atoms with E-state index < -0.39 is 20.9 Å². The third kappa shape index (κ3) is 4.68. The topological polar surface area (TPSA) is 119 Å². The standard InChI is InChI=1S/C17H15Cl2N3O6S/c18-14-10-15(19)16(29(26,27)21-5-7-28-8-6-21)9-13(14)17(23)20-11-1-3-12(4-2-11)22(24)25/h1-4,9-10H,5-8H2,(H,20,23). The Morgan fingerprint density at radius 3 is 2.31 bits per heavy atom. The quantitative estimate of drug-likeness (QED) is 0.541. The highest BCUT2D eigenvalue weighted by atomic mass is 35.5.